The van der Waals surface area contributed by atoms with Crippen LogP contribution >= 0.6 is 0 Å². The van der Waals surface area contributed by atoms with E-state index in [-0.39, 0.29) is 22.8 Å². The lowest BCUT2D eigenvalue weighted by atomic mass is 9.92. The lowest BCUT2D eigenvalue weighted by Gasteiger charge is -2.22. The standard InChI is InChI=1S/C26H24F5N3O2/c1-15-10-11-20(16(2)12-15)25(27,28)14-32-23(35)22-19-8-3-4-9-21(19)33-34-24(22)36-18-7-5-6-17(13-18)26(29,30)31/h5-7,10-13H,3-4,8-9,14H2,1-2H3,(H,32,35). The molecule has 3 aromatic rings. The first-order valence-corrected chi connectivity index (χ1v) is 11.4. The predicted molar refractivity (Wildman–Crippen MR) is 122 cm³/mol. The summed E-state index contributed by atoms with van der Waals surface area (Å²) in [6, 6.07) is 8.64. The molecule has 0 spiro atoms. The second kappa shape index (κ2) is 9.83. The van der Waals surface area contributed by atoms with Crippen LogP contribution in [0.25, 0.3) is 0 Å². The van der Waals surface area contributed by atoms with Crippen LogP contribution in [0.4, 0.5) is 22.0 Å². The van der Waals surface area contributed by atoms with Crippen molar-refractivity contribution in [1.29, 1.82) is 0 Å². The maximum absolute atomic E-state index is 15.0. The first kappa shape index (κ1) is 25.5. The molecule has 0 aliphatic heterocycles. The highest BCUT2D eigenvalue weighted by Crippen LogP contribution is 2.35. The first-order chi connectivity index (χ1) is 17.0. The summed E-state index contributed by atoms with van der Waals surface area (Å²) < 4.78 is 74.9. The van der Waals surface area contributed by atoms with Gasteiger partial charge in [0.2, 0.25) is 0 Å². The van der Waals surface area contributed by atoms with Crippen molar-refractivity contribution in [2.45, 2.75) is 51.6 Å². The smallest absolute Gasteiger partial charge is 0.416 e. The molecule has 10 heteroatoms. The van der Waals surface area contributed by atoms with E-state index in [1.165, 1.54) is 12.1 Å². The molecule has 5 nitrogen and oxygen atoms in total. The molecule has 1 amide bonds. The zero-order valence-corrected chi connectivity index (χ0v) is 19.7. The van der Waals surface area contributed by atoms with E-state index in [0.717, 1.165) is 36.6 Å². The number of carbonyl (C=O) groups is 1. The van der Waals surface area contributed by atoms with Crippen molar-refractivity contribution in [1.82, 2.24) is 15.5 Å². The molecule has 2 aromatic carbocycles. The topological polar surface area (TPSA) is 64.1 Å². The molecule has 1 aromatic heterocycles. The quantitative estimate of drug-likeness (QED) is 0.399. The van der Waals surface area contributed by atoms with Crippen LogP contribution in [-0.2, 0) is 24.9 Å². The van der Waals surface area contributed by atoms with Crippen LogP contribution < -0.4 is 10.1 Å². The third kappa shape index (κ3) is 5.47. The SMILES string of the molecule is Cc1ccc(C(F)(F)CNC(=O)c2c(Oc3cccc(C(F)(F)F)c3)nnc3c2CCCC3)c(C)c1. The van der Waals surface area contributed by atoms with E-state index in [0.29, 0.717) is 29.7 Å². The Hall–Kier alpha value is -3.56. The number of hydrogen-bond donors (Lipinski definition) is 1. The fourth-order valence-corrected chi connectivity index (χ4v) is 4.31. The number of hydrogen-bond acceptors (Lipinski definition) is 4. The van der Waals surface area contributed by atoms with E-state index in [1.54, 1.807) is 26.0 Å². The number of benzene rings is 2. The van der Waals surface area contributed by atoms with Gasteiger partial charge in [-0.2, -0.15) is 27.1 Å². The van der Waals surface area contributed by atoms with Gasteiger partial charge in [-0.05, 0) is 68.9 Å². The van der Waals surface area contributed by atoms with Crippen LogP contribution in [0.3, 0.4) is 0 Å². The fourth-order valence-electron chi connectivity index (χ4n) is 4.31. The third-order valence-corrected chi connectivity index (χ3v) is 6.07. The van der Waals surface area contributed by atoms with E-state index >= 15 is 0 Å². The summed E-state index contributed by atoms with van der Waals surface area (Å²) in [6.45, 7) is 2.39. The van der Waals surface area contributed by atoms with E-state index in [2.05, 4.69) is 15.5 Å². The molecule has 36 heavy (non-hydrogen) atoms. The van der Waals surface area contributed by atoms with Gasteiger partial charge in [-0.15, -0.1) is 5.10 Å². The molecule has 1 heterocycles. The highest BCUT2D eigenvalue weighted by Gasteiger charge is 2.35. The van der Waals surface area contributed by atoms with Crippen molar-refractivity contribution in [3.05, 3.63) is 81.5 Å². The van der Waals surface area contributed by atoms with Gasteiger partial charge in [-0.3, -0.25) is 4.79 Å². The lowest BCUT2D eigenvalue weighted by Crippen LogP contribution is -2.36. The van der Waals surface area contributed by atoms with Crippen molar-refractivity contribution >= 4 is 5.91 Å². The normalized spacial score (nSPS) is 13.8. The van der Waals surface area contributed by atoms with Crippen molar-refractivity contribution < 1.29 is 31.5 Å². The summed E-state index contributed by atoms with van der Waals surface area (Å²) in [4.78, 5) is 13.2. The second-order valence-electron chi connectivity index (χ2n) is 8.85. The minimum Gasteiger partial charge on any atom is -0.437 e. The molecule has 1 N–H and O–H groups in total. The Balaban J connectivity index is 1.64. The summed E-state index contributed by atoms with van der Waals surface area (Å²) in [6.07, 6.45) is -2.05. The van der Waals surface area contributed by atoms with Crippen LogP contribution in [0.2, 0.25) is 0 Å². The van der Waals surface area contributed by atoms with Gasteiger partial charge in [0.25, 0.3) is 17.7 Å². The molecular weight excluding hydrogens is 481 g/mol. The van der Waals surface area contributed by atoms with Gasteiger partial charge in [0.05, 0.1) is 17.8 Å². The molecule has 0 radical (unpaired) electrons. The van der Waals surface area contributed by atoms with Crippen molar-refractivity contribution in [2.75, 3.05) is 6.54 Å². The van der Waals surface area contributed by atoms with E-state index < -0.39 is 30.1 Å². The van der Waals surface area contributed by atoms with E-state index in [4.69, 9.17) is 4.74 Å². The van der Waals surface area contributed by atoms with Gasteiger partial charge in [0.15, 0.2) is 0 Å². The summed E-state index contributed by atoms with van der Waals surface area (Å²) in [5.74, 6) is -4.74. The van der Waals surface area contributed by atoms with Gasteiger partial charge < -0.3 is 10.1 Å². The number of nitrogens with one attached hydrogen (secondary N) is 1. The lowest BCUT2D eigenvalue weighted by molar-refractivity contribution is -0.137. The fraction of sp³-hybridized carbons (Fsp3) is 0.346. The predicted octanol–water partition coefficient (Wildman–Crippen LogP) is 6.31. The van der Waals surface area contributed by atoms with Crippen LogP contribution in [-0.4, -0.2) is 22.6 Å². The number of halogens is 5. The molecular formula is C26H24F5N3O2. The minimum absolute atomic E-state index is 0.0893. The number of rotatable bonds is 6. The summed E-state index contributed by atoms with van der Waals surface area (Å²) >= 11 is 0. The molecule has 0 atom stereocenters. The van der Waals surface area contributed by atoms with Gasteiger partial charge in [-0.25, -0.2) is 0 Å². The number of alkyl halides is 5. The molecule has 0 unspecified atom stereocenters. The number of aromatic nitrogens is 2. The zero-order chi connectivity index (χ0) is 26.1. The number of carbonyl (C=O) groups excluding carboxylic acids is 1. The number of amides is 1. The van der Waals surface area contributed by atoms with Gasteiger partial charge in [0.1, 0.15) is 11.3 Å². The molecule has 1 aliphatic carbocycles. The molecule has 0 saturated heterocycles. The second-order valence-corrected chi connectivity index (χ2v) is 8.85. The van der Waals surface area contributed by atoms with Gasteiger partial charge >= 0.3 is 6.18 Å². The van der Waals surface area contributed by atoms with Crippen molar-refractivity contribution in [3.63, 3.8) is 0 Å². The Bertz CT molecular complexity index is 1290. The molecule has 1 aliphatic rings. The van der Waals surface area contributed by atoms with Crippen LogP contribution in [0.5, 0.6) is 11.6 Å². The maximum Gasteiger partial charge on any atom is 0.416 e. The number of ether oxygens (including phenoxy) is 1. The Morgan fingerprint density at radius 2 is 1.75 bits per heavy atom. The monoisotopic (exact) mass is 505 g/mol. The Morgan fingerprint density at radius 1 is 1.00 bits per heavy atom. The largest absolute Gasteiger partial charge is 0.437 e. The Morgan fingerprint density at radius 3 is 2.47 bits per heavy atom. The molecule has 0 fully saturated rings. The molecule has 0 bridgehead atoms. The number of nitrogens with zero attached hydrogens (tertiary/aromatic N) is 2. The van der Waals surface area contributed by atoms with Crippen molar-refractivity contribution in [3.8, 4) is 11.6 Å². The van der Waals surface area contributed by atoms with Crippen LogP contribution in [0.15, 0.2) is 42.5 Å². The van der Waals surface area contributed by atoms with Gasteiger partial charge in [-0.1, -0.05) is 29.8 Å². The maximum atomic E-state index is 15.0. The molecule has 0 saturated carbocycles. The number of fused-ring (bicyclic) bond motifs is 1. The zero-order valence-electron chi connectivity index (χ0n) is 19.7. The van der Waals surface area contributed by atoms with Crippen LogP contribution in [0.1, 0.15) is 56.7 Å². The summed E-state index contributed by atoms with van der Waals surface area (Å²) in [5, 5.41) is 10.3. The minimum atomic E-state index is -4.60. The highest BCUT2D eigenvalue weighted by molar-refractivity contribution is 5.98. The molecule has 190 valence electrons. The summed E-state index contributed by atoms with van der Waals surface area (Å²) in [5.41, 5.74) is 1.05. The first-order valence-electron chi connectivity index (χ1n) is 11.4. The highest BCUT2D eigenvalue weighted by atomic mass is 19.4. The van der Waals surface area contributed by atoms with E-state index in [9.17, 15) is 26.7 Å². The average molecular weight is 505 g/mol. The summed E-state index contributed by atoms with van der Waals surface area (Å²) in [7, 11) is 0. The van der Waals surface area contributed by atoms with Gasteiger partial charge in [0, 0.05) is 5.56 Å². The molecule has 4 rings (SSSR count). The van der Waals surface area contributed by atoms with Crippen molar-refractivity contribution in [2.24, 2.45) is 0 Å². The third-order valence-electron chi connectivity index (χ3n) is 6.07. The Labute approximate surface area is 204 Å². The Kier molecular flexibility index (Phi) is 6.97. The number of aryl methyl sites for hydroxylation is 3. The average Bonchev–Trinajstić information content (AvgIpc) is 2.82. The van der Waals surface area contributed by atoms with Crippen LogP contribution in [0, 0.1) is 13.8 Å². The van der Waals surface area contributed by atoms with E-state index in [1.807, 2.05) is 0 Å².